The van der Waals surface area contributed by atoms with E-state index in [-0.39, 0.29) is 0 Å². The highest BCUT2D eigenvalue weighted by molar-refractivity contribution is 8.04. The Labute approximate surface area is 212 Å². The van der Waals surface area contributed by atoms with E-state index in [1.165, 1.54) is 0 Å². The summed E-state index contributed by atoms with van der Waals surface area (Å²) in [5, 5.41) is 0. The maximum atomic E-state index is 12.3. The van der Waals surface area contributed by atoms with Crippen LogP contribution < -0.4 is 0 Å². The molecule has 0 aromatic heterocycles. The molecule has 1 atom stereocenters. The highest BCUT2D eigenvalue weighted by atomic mass is 35.7. The zero-order valence-corrected chi connectivity index (χ0v) is 20.1. The molecule has 4 heteroatoms. The number of halogens is 1. The summed E-state index contributed by atoms with van der Waals surface area (Å²) in [7, 11) is 3.85. The molecule has 35 heavy (non-hydrogen) atoms. The van der Waals surface area contributed by atoms with Gasteiger partial charge in [-0.05, 0) is 35.4 Å². The summed E-state index contributed by atoms with van der Waals surface area (Å²) in [5.41, 5.74) is 4.49. The van der Waals surface area contributed by atoms with Gasteiger partial charge in [0, 0.05) is 38.5 Å². The van der Waals surface area contributed by atoms with Gasteiger partial charge in [-0.2, -0.15) is 0 Å². The molecule has 0 spiro atoms. The third-order valence-electron chi connectivity index (χ3n) is 5.73. The Morgan fingerprint density at radius 2 is 1.14 bits per heavy atom. The zero-order valence-electron chi connectivity index (χ0n) is 18.6. The molecule has 0 radical (unpaired) electrons. The van der Waals surface area contributed by atoms with Crippen LogP contribution in [0.4, 0.5) is 0 Å². The van der Waals surface area contributed by atoms with Crippen molar-refractivity contribution in [1.82, 2.24) is 0 Å². The number of hydrogen-bond acceptors (Lipinski definition) is 2. The Morgan fingerprint density at radius 3 is 1.74 bits per heavy atom. The minimum Gasteiger partial charge on any atom is -0.248 e. The normalized spacial score (nSPS) is 13.6. The molecule has 168 valence electrons. The van der Waals surface area contributed by atoms with Crippen molar-refractivity contribution in [3.05, 3.63) is 142 Å². The molecule has 4 aromatic carbocycles. The van der Waals surface area contributed by atoms with Crippen molar-refractivity contribution < 1.29 is 8.39 Å². The van der Waals surface area contributed by atoms with E-state index in [4.69, 9.17) is 14.9 Å². The van der Waals surface area contributed by atoms with Crippen molar-refractivity contribution in [3.63, 3.8) is 0 Å². The summed E-state index contributed by atoms with van der Waals surface area (Å²) in [4.78, 5) is 0. The second-order valence-corrected chi connectivity index (χ2v) is 9.19. The summed E-state index contributed by atoms with van der Waals surface area (Å²) in [6.07, 6.45) is 4.02. The molecule has 0 saturated carbocycles. The average molecular weight is 491 g/mol. The fourth-order valence-corrected chi connectivity index (χ4v) is 4.81. The summed E-state index contributed by atoms with van der Waals surface area (Å²) < 4.78 is 18.3. The van der Waals surface area contributed by atoms with Gasteiger partial charge in [0.15, 0.2) is 5.60 Å². The zero-order chi connectivity index (χ0) is 24.1. The molecule has 4 aromatic rings. The predicted molar refractivity (Wildman–Crippen MR) is 143 cm³/mol. The van der Waals surface area contributed by atoms with E-state index >= 15 is 0 Å². The van der Waals surface area contributed by atoms with Crippen LogP contribution in [0, 0.1) is 23.7 Å². The van der Waals surface area contributed by atoms with Crippen molar-refractivity contribution in [1.29, 1.82) is 0 Å². The molecule has 1 aliphatic rings. The second-order valence-electron chi connectivity index (χ2n) is 7.88. The van der Waals surface area contributed by atoms with Crippen LogP contribution in [-0.2, 0) is 20.1 Å². The van der Waals surface area contributed by atoms with E-state index in [9.17, 15) is 4.21 Å². The first-order chi connectivity index (χ1) is 17.2. The van der Waals surface area contributed by atoms with Crippen molar-refractivity contribution in [2.75, 3.05) is 0 Å². The highest BCUT2D eigenvalue weighted by Gasteiger charge is 2.40. The number of benzene rings is 4. The van der Waals surface area contributed by atoms with Gasteiger partial charge in [-0.3, -0.25) is 0 Å². The molecule has 1 unspecified atom stereocenters. The first kappa shape index (κ1) is 22.9. The van der Waals surface area contributed by atoms with Crippen LogP contribution in [0.3, 0.4) is 0 Å². The molecule has 0 amide bonds. The minimum atomic E-state index is -2.10. The lowest BCUT2D eigenvalue weighted by Gasteiger charge is -2.29. The Bertz CT molecular complexity index is 1520. The fourth-order valence-electron chi connectivity index (χ4n) is 4.11. The van der Waals surface area contributed by atoms with Gasteiger partial charge in [0.1, 0.15) is 0 Å². The standard InChI is InChI=1S/C31H19ClO2S/c32-35(33)34-31(29-16-8-6-14-27(29)20-21-28-15-7-9-17-30(28)31)23-22-26-13-5-4-12-25(26)19-18-24-10-2-1-3-11-24/h1-17,20-21H. The fraction of sp³-hybridized carbons (Fsp3) is 0.0323. The second kappa shape index (κ2) is 10.2. The third-order valence-corrected chi connectivity index (χ3v) is 6.30. The number of hydrogen-bond donors (Lipinski definition) is 0. The Morgan fingerprint density at radius 1 is 0.629 bits per heavy atom. The molecule has 0 fully saturated rings. The lowest BCUT2D eigenvalue weighted by atomic mass is 9.83. The topological polar surface area (TPSA) is 26.3 Å². The smallest absolute Gasteiger partial charge is 0.248 e. The van der Waals surface area contributed by atoms with E-state index in [0.29, 0.717) is 0 Å². The van der Waals surface area contributed by atoms with Gasteiger partial charge in [0.05, 0.1) is 0 Å². The maximum absolute atomic E-state index is 12.3. The van der Waals surface area contributed by atoms with Crippen LogP contribution in [-0.4, -0.2) is 4.21 Å². The number of fused-ring (bicyclic) bond motifs is 2. The summed E-state index contributed by atoms with van der Waals surface area (Å²) >= 11 is 0. The third kappa shape index (κ3) is 4.85. The van der Waals surface area contributed by atoms with Gasteiger partial charge in [-0.15, -0.1) is 0 Å². The van der Waals surface area contributed by atoms with Crippen LogP contribution in [0.1, 0.15) is 38.9 Å². The van der Waals surface area contributed by atoms with E-state index in [1.807, 2.05) is 115 Å². The quantitative estimate of drug-likeness (QED) is 0.231. The SMILES string of the molecule is O=S(Cl)OC1(C#Cc2ccccc2C#Cc2ccccc2)c2ccccc2C=Cc2ccccc21. The van der Waals surface area contributed by atoms with Crippen molar-refractivity contribution in [3.8, 4) is 23.7 Å². The van der Waals surface area contributed by atoms with Crippen LogP contribution in [0.25, 0.3) is 12.2 Å². The highest BCUT2D eigenvalue weighted by Crippen LogP contribution is 2.41. The predicted octanol–water partition coefficient (Wildman–Crippen LogP) is 6.70. The Hall–Kier alpha value is -3.86. The van der Waals surface area contributed by atoms with Crippen LogP contribution in [0.5, 0.6) is 0 Å². The molecule has 0 heterocycles. The van der Waals surface area contributed by atoms with Gasteiger partial charge in [-0.1, -0.05) is 115 Å². The summed E-state index contributed by atoms with van der Waals surface area (Å²) in [6, 6.07) is 33.0. The van der Waals surface area contributed by atoms with Gasteiger partial charge in [0.2, 0.25) is 0 Å². The summed E-state index contributed by atoms with van der Waals surface area (Å²) in [6.45, 7) is 0. The molecule has 1 aliphatic carbocycles. The monoisotopic (exact) mass is 490 g/mol. The van der Waals surface area contributed by atoms with E-state index < -0.39 is 15.9 Å². The van der Waals surface area contributed by atoms with Crippen LogP contribution in [0.2, 0.25) is 0 Å². The molecule has 0 saturated heterocycles. The minimum absolute atomic E-state index is 0.742. The molecule has 0 bridgehead atoms. The average Bonchev–Trinajstić information content (AvgIpc) is 3.02. The lowest BCUT2D eigenvalue weighted by Crippen LogP contribution is -2.31. The van der Waals surface area contributed by atoms with Gasteiger partial charge in [-0.25, -0.2) is 8.39 Å². The Kier molecular flexibility index (Phi) is 6.66. The van der Waals surface area contributed by atoms with Gasteiger partial charge >= 0.3 is 0 Å². The van der Waals surface area contributed by atoms with Crippen molar-refractivity contribution in [2.45, 2.75) is 5.60 Å². The number of rotatable bonds is 2. The largest absolute Gasteiger partial charge is 0.258 e. The molecule has 2 nitrogen and oxygen atoms in total. The molecule has 0 N–H and O–H groups in total. The van der Waals surface area contributed by atoms with E-state index in [2.05, 4.69) is 23.7 Å². The summed E-state index contributed by atoms with van der Waals surface area (Å²) in [5.74, 6) is 13.0. The van der Waals surface area contributed by atoms with Crippen LogP contribution in [0.15, 0.2) is 103 Å². The lowest BCUT2D eigenvalue weighted by molar-refractivity contribution is 0.204. The van der Waals surface area contributed by atoms with Crippen LogP contribution >= 0.6 is 10.7 Å². The van der Waals surface area contributed by atoms with E-state index in [0.717, 1.165) is 38.9 Å². The first-order valence-electron chi connectivity index (χ1n) is 11.0. The molecule has 5 rings (SSSR count). The first-order valence-corrected chi connectivity index (χ1v) is 12.9. The molecular weight excluding hydrogens is 472 g/mol. The van der Waals surface area contributed by atoms with Gasteiger partial charge in [0.25, 0.3) is 10.3 Å². The van der Waals surface area contributed by atoms with Gasteiger partial charge < -0.3 is 0 Å². The van der Waals surface area contributed by atoms with Crippen molar-refractivity contribution >= 4 is 33.1 Å². The Balaban J connectivity index is 1.71. The van der Waals surface area contributed by atoms with E-state index in [1.54, 1.807) is 0 Å². The van der Waals surface area contributed by atoms with Crippen molar-refractivity contribution in [2.24, 2.45) is 0 Å². The molecule has 0 aliphatic heterocycles. The maximum Gasteiger partial charge on any atom is 0.258 e. The molecular formula is C31H19ClO2S.